The van der Waals surface area contributed by atoms with Gasteiger partial charge in [0.2, 0.25) is 0 Å². The van der Waals surface area contributed by atoms with Gasteiger partial charge in [-0.1, -0.05) is 270 Å². The van der Waals surface area contributed by atoms with E-state index in [0.29, 0.717) is 19.3 Å². The lowest BCUT2D eigenvalue weighted by atomic mass is 10.0. The zero-order valence-corrected chi connectivity index (χ0v) is 49.2. The summed E-state index contributed by atoms with van der Waals surface area (Å²) in [5.41, 5.74) is 0. The number of esters is 3. The maximum absolute atomic E-state index is 12.8. The Hall–Kier alpha value is -4.45. The normalized spacial score (nSPS) is 13.0. The Morgan fingerprint density at radius 3 is 0.882 bits per heavy atom. The molecule has 0 aromatic carbocycles. The molecule has 0 bridgehead atoms. The Balaban J connectivity index is 4.34. The number of hydrogen-bond acceptors (Lipinski definition) is 6. The van der Waals surface area contributed by atoms with Crippen LogP contribution < -0.4 is 0 Å². The summed E-state index contributed by atoms with van der Waals surface area (Å²) in [4.78, 5) is 38.2. The second-order valence-corrected chi connectivity index (χ2v) is 20.2. The highest BCUT2D eigenvalue weighted by molar-refractivity contribution is 5.72. The molecule has 0 rings (SSSR count). The van der Waals surface area contributed by atoms with Crippen molar-refractivity contribution in [2.75, 3.05) is 13.2 Å². The van der Waals surface area contributed by atoms with Crippen LogP contribution in [0.1, 0.15) is 271 Å². The average Bonchev–Trinajstić information content (AvgIpc) is 3.42. The van der Waals surface area contributed by atoms with Crippen molar-refractivity contribution in [1.29, 1.82) is 0 Å². The van der Waals surface area contributed by atoms with Gasteiger partial charge >= 0.3 is 17.9 Å². The van der Waals surface area contributed by atoms with Crippen LogP contribution in [0.2, 0.25) is 0 Å². The molecule has 0 spiro atoms. The third-order valence-electron chi connectivity index (χ3n) is 12.9. The first kappa shape index (κ1) is 71.5. The maximum atomic E-state index is 12.8. The SMILES string of the molecule is CC/C=C\C/C=C\C/C=C\C/C=C\C/C=C\CCCCCCCCCCCCCCCC(=O)OCC(COC(=O)CCCCCCC/C=C\CCCCCCC)OC(=O)C/C=C\C/C=C\C/C=C\C/C=C\C/C=C\CC. The molecule has 1 atom stereocenters. The molecule has 1 unspecified atom stereocenters. The molecule has 0 saturated carbocycles. The second-order valence-electron chi connectivity index (χ2n) is 20.2. The third kappa shape index (κ3) is 60.4. The topological polar surface area (TPSA) is 78.9 Å². The molecule has 0 aliphatic carbocycles. The van der Waals surface area contributed by atoms with Crippen LogP contribution in [0.5, 0.6) is 0 Å². The number of carbonyl (C=O) groups is 3. The molecule has 0 aromatic rings. The van der Waals surface area contributed by atoms with E-state index in [-0.39, 0.29) is 31.6 Å². The molecule has 0 fully saturated rings. The smallest absolute Gasteiger partial charge is 0.310 e. The summed E-state index contributed by atoms with van der Waals surface area (Å²) >= 11 is 0. The van der Waals surface area contributed by atoms with Gasteiger partial charge in [-0.05, 0) is 116 Å². The van der Waals surface area contributed by atoms with Crippen molar-refractivity contribution in [3.63, 3.8) is 0 Å². The van der Waals surface area contributed by atoms with Gasteiger partial charge in [0.1, 0.15) is 13.2 Å². The first-order chi connectivity index (χ1) is 37.5. The largest absolute Gasteiger partial charge is 0.462 e. The molecule has 6 nitrogen and oxygen atoms in total. The van der Waals surface area contributed by atoms with Gasteiger partial charge in [0.25, 0.3) is 0 Å². The Morgan fingerprint density at radius 1 is 0.289 bits per heavy atom. The predicted molar refractivity (Wildman–Crippen MR) is 329 cm³/mol. The first-order valence-corrected chi connectivity index (χ1v) is 31.2. The molecule has 0 aromatic heterocycles. The summed E-state index contributed by atoms with van der Waals surface area (Å²) in [7, 11) is 0. The van der Waals surface area contributed by atoms with Crippen molar-refractivity contribution in [3.8, 4) is 0 Å². The summed E-state index contributed by atoms with van der Waals surface area (Å²) in [6.07, 6.45) is 89.2. The van der Waals surface area contributed by atoms with Gasteiger partial charge < -0.3 is 14.2 Å². The van der Waals surface area contributed by atoms with E-state index in [2.05, 4.69) is 142 Å². The van der Waals surface area contributed by atoms with Crippen LogP contribution in [0.4, 0.5) is 0 Å². The molecule has 0 N–H and O–H groups in total. The monoisotopic (exact) mass is 1050 g/mol. The van der Waals surface area contributed by atoms with E-state index in [0.717, 1.165) is 109 Å². The van der Waals surface area contributed by atoms with Crippen molar-refractivity contribution in [3.05, 3.63) is 134 Å². The van der Waals surface area contributed by atoms with Crippen LogP contribution in [0.3, 0.4) is 0 Å². The number of hydrogen-bond donors (Lipinski definition) is 0. The molecule has 76 heavy (non-hydrogen) atoms. The van der Waals surface area contributed by atoms with Gasteiger partial charge in [0.05, 0.1) is 6.42 Å². The Labute approximate surface area is 468 Å². The van der Waals surface area contributed by atoms with Crippen LogP contribution in [0.15, 0.2) is 134 Å². The van der Waals surface area contributed by atoms with Crippen LogP contribution in [-0.4, -0.2) is 37.2 Å². The minimum Gasteiger partial charge on any atom is -0.462 e. The molecule has 0 heterocycles. The summed E-state index contributed by atoms with van der Waals surface area (Å²) < 4.78 is 16.8. The number of ether oxygens (including phenoxy) is 3. The fraction of sp³-hybridized carbons (Fsp3) is 0.643. The molecule has 6 heteroatoms. The lowest BCUT2D eigenvalue weighted by Gasteiger charge is -2.18. The highest BCUT2D eigenvalue weighted by Crippen LogP contribution is 2.15. The van der Waals surface area contributed by atoms with E-state index >= 15 is 0 Å². The van der Waals surface area contributed by atoms with Crippen molar-refractivity contribution in [1.82, 2.24) is 0 Å². The molecule has 0 aliphatic rings. The molecule has 0 amide bonds. The van der Waals surface area contributed by atoms with Crippen LogP contribution >= 0.6 is 0 Å². The second kappa shape index (κ2) is 63.1. The maximum Gasteiger partial charge on any atom is 0.310 e. The molecule has 0 radical (unpaired) electrons. The average molecular weight is 1050 g/mol. The molecular weight excluding hydrogens is 937 g/mol. The van der Waals surface area contributed by atoms with Gasteiger partial charge in [0, 0.05) is 12.8 Å². The van der Waals surface area contributed by atoms with E-state index < -0.39 is 12.1 Å². The van der Waals surface area contributed by atoms with Gasteiger partial charge in [0.15, 0.2) is 6.10 Å². The molecule has 430 valence electrons. The zero-order chi connectivity index (χ0) is 55.0. The molecular formula is C70H114O6. The van der Waals surface area contributed by atoms with Gasteiger partial charge in [-0.15, -0.1) is 0 Å². The number of allylic oxidation sites excluding steroid dienone is 21. The van der Waals surface area contributed by atoms with Crippen LogP contribution in [-0.2, 0) is 28.6 Å². The standard InChI is InChI=1S/C70H114O6/c1-4-7-10-13-16-19-22-25-28-29-30-31-32-33-34-35-36-37-38-39-40-41-43-45-48-51-54-57-60-63-69(72)75-66-67(65-74-68(71)62-59-56-53-50-47-44-27-24-21-18-15-12-9-6-3)76-70(73)64-61-58-55-52-49-46-42-26-23-20-17-14-11-8-5-2/h7-8,10-11,16-17,19-20,24-28,30-31,33-34,42,49,52,58,61,67H,4-6,9,12-15,18,21-23,29,32,35-41,43-48,50-51,53-57,59-60,62-66H2,1-3H3/b10-7-,11-8-,19-16-,20-17-,27-24-,28-25-,31-30-,34-33-,42-26-,52-49-,61-58-. The third-order valence-corrected chi connectivity index (χ3v) is 12.9. The highest BCUT2D eigenvalue weighted by Gasteiger charge is 2.19. The van der Waals surface area contributed by atoms with Crippen LogP contribution in [0.25, 0.3) is 0 Å². The van der Waals surface area contributed by atoms with E-state index in [1.807, 2.05) is 6.08 Å². The zero-order valence-electron chi connectivity index (χ0n) is 49.2. The van der Waals surface area contributed by atoms with Crippen molar-refractivity contribution >= 4 is 17.9 Å². The predicted octanol–water partition coefficient (Wildman–Crippen LogP) is 21.4. The van der Waals surface area contributed by atoms with Crippen molar-refractivity contribution < 1.29 is 28.6 Å². The highest BCUT2D eigenvalue weighted by atomic mass is 16.6. The summed E-state index contributed by atoms with van der Waals surface area (Å²) in [6, 6.07) is 0. The summed E-state index contributed by atoms with van der Waals surface area (Å²) in [5, 5.41) is 0. The minimum absolute atomic E-state index is 0.0915. The van der Waals surface area contributed by atoms with Gasteiger partial charge in [-0.25, -0.2) is 0 Å². The lowest BCUT2D eigenvalue weighted by molar-refractivity contribution is -0.166. The number of carbonyl (C=O) groups excluding carboxylic acids is 3. The Morgan fingerprint density at radius 2 is 0.553 bits per heavy atom. The quantitative estimate of drug-likeness (QED) is 0.0261. The summed E-state index contributed by atoms with van der Waals surface area (Å²) in [5.74, 6) is -1.06. The van der Waals surface area contributed by atoms with E-state index in [4.69, 9.17) is 14.2 Å². The Kier molecular flexibility index (Phi) is 59.4. The first-order valence-electron chi connectivity index (χ1n) is 31.2. The van der Waals surface area contributed by atoms with Crippen molar-refractivity contribution in [2.45, 2.75) is 277 Å². The number of unbranched alkanes of at least 4 members (excludes halogenated alkanes) is 23. The van der Waals surface area contributed by atoms with Gasteiger partial charge in [-0.3, -0.25) is 14.4 Å². The Bertz CT molecular complexity index is 1630. The minimum atomic E-state index is -0.840. The fourth-order valence-electron chi connectivity index (χ4n) is 8.30. The van der Waals surface area contributed by atoms with E-state index in [1.165, 1.54) is 116 Å². The fourth-order valence-corrected chi connectivity index (χ4v) is 8.30. The molecule has 0 saturated heterocycles. The van der Waals surface area contributed by atoms with E-state index in [1.54, 1.807) is 6.08 Å². The lowest BCUT2D eigenvalue weighted by Crippen LogP contribution is -2.30. The molecule has 0 aliphatic heterocycles. The summed E-state index contributed by atoms with van der Waals surface area (Å²) in [6.45, 7) is 6.31. The number of rotatable bonds is 55. The van der Waals surface area contributed by atoms with Crippen LogP contribution in [0, 0.1) is 0 Å². The van der Waals surface area contributed by atoms with Crippen molar-refractivity contribution in [2.24, 2.45) is 0 Å². The van der Waals surface area contributed by atoms with Gasteiger partial charge in [-0.2, -0.15) is 0 Å². The van der Waals surface area contributed by atoms with E-state index in [9.17, 15) is 14.4 Å².